The first-order valence-corrected chi connectivity index (χ1v) is 5.49. The number of nitrogens with zero attached hydrogens (tertiary/aromatic N) is 1. The number of hydrazone groups is 1. The van der Waals surface area contributed by atoms with Crippen LogP contribution in [0.4, 0.5) is 0 Å². The van der Waals surface area contributed by atoms with Crippen LogP contribution in [0, 0.1) is 0 Å². The predicted molar refractivity (Wildman–Crippen MR) is 75.7 cm³/mol. The number of aromatic amines is 1. The summed E-state index contributed by atoms with van der Waals surface area (Å²) in [6.07, 6.45) is 7.33. The van der Waals surface area contributed by atoms with Crippen LogP contribution < -0.4 is 11.2 Å². The summed E-state index contributed by atoms with van der Waals surface area (Å²) in [7, 11) is 0. The van der Waals surface area contributed by atoms with E-state index in [0.29, 0.717) is 0 Å². The zero-order chi connectivity index (χ0) is 12.1. The largest absolute Gasteiger partial charge is 0.375 e. The van der Waals surface area contributed by atoms with Crippen LogP contribution in [-0.2, 0) is 0 Å². The molecule has 4 nitrogen and oxygen atoms in total. The third-order valence-electron chi connectivity index (χ3n) is 2.23. The molecule has 0 spiro atoms. The second kappa shape index (κ2) is 5.27. The van der Waals surface area contributed by atoms with Gasteiger partial charge in [0.05, 0.1) is 0 Å². The van der Waals surface area contributed by atoms with Gasteiger partial charge in [-0.15, -0.1) is 0 Å². The third kappa shape index (κ3) is 2.92. The number of H-pyrrole nitrogens is 1. The summed E-state index contributed by atoms with van der Waals surface area (Å²) in [6, 6.07) is 8.11. The van der Waals surface area contributed by atoms with Gasteiger partial charge in [0.25, 0.3) is 0 Å². The van der Waals surface area contributed by atoms with E-state index in [-0.39, 0.29) is 5.11 Å². The van der Waals surface area contributed by atoms with Gasteiger partial charge in [0.1, 0.15) is 0 Å². The molecule has 1 heterocycles. The van der Waals surface area contributed by atoms with Gasteiger partial charge in [0, 0.05) is 23.3 Å². The number of rotatable bonds is 3. The minimum Gasteiger partial charge on any atom is -0.375 e. The van der Waals surface area contributed by atoms with Crippen LogP contribution in [-0.4, -0.2) is 16.3 Å². The van der Waals surface area contributed by atoms with Crippen molar-refractivity contribution in [3.8, 4) is 0 Å². The molecule has 0 fully saturated rings. The van der Waals surface area contributed by atoms with Crippen molar-refractivity contribution in [1.29, 1.82) is 0 Å². The van der Waals surface area contributed by atoms with E-state index in [0.717, 1.165) is 11.1 Å². The van der Waals surface area contributed by atoms with Crippen molar-refractivity contribution >= 4 is 40.5 Å². The Hall–Kier alpha value is -2.14. The zero-order valence-corrected chi connectivity index (χ0v) is 9.87. The van der Waals surface area contributed by atoms with Gasteiger partial charge in [-0.25, -0.2) is 0 Å². The highest BCUT2D eigenvalue weighted by atomic mass is 32.1. The SMILES string of the molecule is NC(=S)NN=CC=Cc1c[nH]c2ccccc12. The highest BCUT2D eigenvalue weighted by Crippen LogP contribution is 2.18. The van der Waals surface area contributed by atoms with Gasteiger partial charge in [0.15, 0.2) is 5.11 Å². The van der Waals surface area contributed by atoms with Crippen molar-refractivity contribution < 1.29 is 0 Å². The molecule has 0 bridgehead atoms. The smallest absolute Gasteiger partial charge is 0.184 e. The lowest BCUT2D eigenvalue weighted by Crippen LogP contribution is -2.23. The Morgan fingerprint density at radius 1 is 1.41 bits per heavy atom. The first-order chi connectivity index (χ1) is 8.27. The molecule has 0 amide bonds. The molecule has 1 aromatic carbocycles. The Morgan fingerprint density at radius 2 is 2.24 bits per heavy atom. The molecule has 1 aromatic heterocycles. The number of para-hydroxylation sites is 1. The number of nitrogens with one attached hydrogen (secondary N) is 2. The van der Waals surface area contributed by atoms with E-state index in [2.05, 4.69) is 33.8 Å². The molecule has 17 heavy (non-hydrogen) atoms. The van der Waals surface area contributed by atoms with Crippen LogP contribution in [0.15, 0.2) is 41.6 Å². The Balaban J connectivity index is 2.11. The van der Waals surface area contributed by atoms with E-state index in [1.54, 1.807) is 6.21 Å². The fourth-order valence-corrected chi connectivity index (χ4v) is 1.58. The van der Waals surface area contributed by atoms with Crippen molar-refractivity contribution in [2.24, 2.45) is 10.8 Å². The number of fused-ring (bicyclic) bond motifs is 1. The normalized spacial score (nSPS) is 11.5. The fraction of sp³-hybridized carbons (Fsp3) is 0. The van der Waals surface area contributed by atoms with E-state index < -0.39 is 0 Å². The van der Waals surface area contributed by atoms with E-state index in [9.17, 15) is 0 Å². The number of hydrogen-bond acceptors (Lipinski definition) is 2. The van der Waals surface area contributed by atoms with Crippen LogP contribution in [0.25, 0.3) is 17.0 Å². The summed E-state index contributed by atoms with van der Waals surface area (Å²) in [5.41, 5.74) is 9.93. The summed E-state index contributed by atoms with van der Waals surface area (Å²) >= 11 is 4.61. The Morgan fingerprint density at radius 3 is 3.06 bits per heavy atom. The number of nitrogens with two attached hydrogens (primary N) is 1. The van der Waals surface area contributed by atoms with Gasteiger partial charge in [-0.05, 0) is 29.9 Å². The number of allylic oxidation sites excluding steroid dienone is 1. The van der Waals surface area contributed by atoms with Gasteiger partial charge in [0.2, 0.25) is 0 Å². The van der Waals surface area contributed by atoms with Crippen molar-refractivity contribution in [3.63, 3.8) is 0 Å². The minimum atomic E-state index is 0.154. The van der Waals surface area contributed by atoms with Gasteiger partial charge in [-0.1, -0.05) is 24.3 Å². The highest BCUT2D eigenvalue weighted by Gasteiger charge is 1.97. The molecule has 0 saturated carbocycles. The molecular formula is C12H12N4S. The monoisotopic (exact) mass is 244 g/mol. The van der Waals surface area contributed by atoms with E-state index in [1.807, 2.05) is 36.5 Å². The summed E-state index contributed by atoms with van der Waals surface area (Å²) in [5, 5.41) is 5.15. The quantitative estimate of drug-likeness (QED) is 0.439. The second-order valence-electron chi connectivity index (χ2n) is 3.40. The topological polar surface area (TPSA) is 66.2 Å². The summed E-state index contributed by atoms with van der Waals surface area (Å²) in [6.45, 7) is 0. The zero-order valence-electron chi connectivity index (χ0n) is 9.05. The average Bonchev–Trinajstić information content (AvgIpc) is 2.72. The van der Waals surface area contributed by atoms with Gasteiger partial charge in [-0.2, -0.15) is 5.10 Å². The van der Waals surface area contributed by atoms with Crippen LogP contribution >= 0.6 is 12.2 Å². The number of thiocarbonyl (C=S) groups is 1. The Kier molecular flexibility index (Phi) is 3.52. The summed E-state index contributed by atoms with van der Waals surface area (Å²) in [4.78, 5) is 3.20. The van der Waals surface area contributed by atoms with E-state index in [4.69, 9.17) is 5.73 Å². The lowest BCUT2D eigenvalue weighted by molar-refractivity contribution is 1.04. The fourth-order valence-electron chi connectivity index (χ4n) is 1.52. The molecule has 2 rings (SSSR count). The number of hydrogen-bond donors (Lipinski definition) is 3. The van der Waals surface area contributed by atoms with Crippen molar-refractivity contribution in [3.05, 3.63) is 42.1 Å². The second-order valence-corrected chi connectivity index (χ2v) is 3.84. The average molecular weight is 244 g/mol. The molecule has 86 valence electrons. The van der Waals surface area contributed by atoms with Crippen molar-refractivity contribution in [1.82, 2.24) is 10.4 Å². The molecule has 0 aliphatic heterocycles. The van der Waals surface area contributed by atoms with Gasteiger partial charge in [-0.3, -0.25) is 5.43 Å². The standard InChI is InChI=1S/C12H12N4S/c13-12(17)16-15-7-3-4-9-8-14-11-6-2-1-5-10(9)11/h1-8,14H,(H3,13,16,17). The van der Waals surface area contributed by atoms with Crippen molar-refractivity contribution in [2.75, 3.05) is 0 Å². The molecule has 4 N–H and O–H groups in total. The van der Waals surface area contributed by atoms with Crippen LogP contribution in [0.1, 0.15) is 5.56 Å². The lowest BCUT2D eigenvalue weighted by atomic mass is 10.2. The molecule has 0 radical (unpaired) electrons. The predicted octanol–water partition coefficient (Wildman–Crippen LogP) is 2.00. The summed E-state index contributed by atoms with van der Waals surface area (Å²) < 4.78 is 0. The van der Waals surface area contributed by atoms with E-state index >= 15 is 0 Å². The number of aromatic nitrogens is 1. The third-order valence-corrected chi connectivity index (χ3v) is 2.32. The highest BCUT2D eigenvalue weighted by molar-refractivity contribution is 7.80. The van der Waals surface area contributed by atoms with Crippen LogP contribution in [0.3, 0.4) is 0 Å². The molecule has 2 aromatic rings. The van der Waals surface area contributed by atoms with Gasteiger partial charge >= 0.3 is 0 Å². The molecule has 0 saturated heterocycles. The van der Waals surface area contributed by atoms with Crippen LogP contribution in [0.2, 0.25) is 0 Å². The lowest BCUT2D eigenvalue weighted by Gasteiger charge is -1.91. The Bertz CT molecular complexity index is 583. The number of benzene rings is 1. The summed E-state index contributed by atoms with van der Waals surface area (Å²) in [5.74, 6) is 0. The maximum atomic E-state index is 5.22. The first-order valence-electron chi connectivity index (χ1n) is 5.08. The molecule has 0 unspecified atom stereocenters. The van der Waals surface area contributed by atoms with Gasteiger partial charge < -0.3 is 10.7 Å². The molecule has 0 aliphatic carbocycles. The van der Waals surface area contributed by atoms with Crippen LogP contribution in [0.5, 0.6) is 0 Å². The first kappa shape index (κ1) is 11.3. The van der Waals surface area contributed by atoms with Crippen molar-refractivity contribution in [2.45, 2.75) is 0 Å². The molecule has 0 aliphatic rings. The maximum absolute atomic E-state index is 5.22. The maximum Gasteiger partial charge on any atom is 0.184 e. The Labute approximate surface area is 104 Å². The van der Waals surface area contributed by atoms with E-state index in [1.165, 1.54) is 5.39 Å². The molecular weight excluding hydrogens is 232 g/mol. The molecule has 5 heteroatoms. The molecule has 0 atom stereocenters. The minimum absolute atomic E-state index is 0.154.